The molecule has 0 aromatic heterocycles. The van der Waals surface area contributed by atoms with Gasteiger partial charge in [0.15, 0.2) is 18.3 Å². The summed E-state index contributed by atoms with van der Waals surface area (Å²) in [5.74, 6) is -0.182. The molecule has 2 rings (SSSR count). The lowest BCUT2D eigenvalue weighted by Crippen LogP contribution is -2.50. The van der Waals surface area contributed by atoms with E-state index in [1.165, 1.54) is 0 Å². The van der Waals surface area contributed by atoms with Crippen LogP contribution in [0.15, 0.2) is 46.9 Å². The van der Waals surface area contributed by atoms with Crippen molar-refractivity contribution in [1.82, 2.24) is 16.2 Å². The predicted octanol–water partition coefficient (Wildman–Crippen LogP) is 3.24. The fourth-order valence-electron chi connectivity index (χ4n) is 1.77. The van der Waals surface area contributed by atoms with E-state index >= 15 is 0 Å². The molecular weight excluding hydrogens is 493 g/mol. The smallest absolute Gasteiger partial charge is 0.276 e. The van der Waals surface area contributed by atoms with Gasteiger partial charge in [-0.1, -0.05) is 39.1 Å². The molecule has 2 amide bonds. The first-order valence-corrected chi connectivity index (χ1v) is 9.64. The highest BCUT2D eigenvalue weighted by atomic mass is 79.9. The third-order valence-electron chi connectivity index (χ3n) is 3.00. The number of halogens is 3. The molecule has 28 heavy (non-hydrogen) atoms. The van der Waals surface area contributed by atoms with Crippen LogP contribution in [0.4, 0.5) is 0 Å². The van der Waals surface area contributed by atoms with Gasteiger partial charge in [0.25, 0.3) is 11.8 Å². The van der Waals surface area contributed by atoms with Crippen molar-refractivity contribution in [2.45, 2.75) is 0 Å². The van der Waals surface area contributed by atoms with Gasteiger partial charge in [0.05, 0.1) is 5.02 Å². The second kappa shape index (κ2) is 11.1. The van der Waals surface area contributed by atoms with Crippen molar-refractivity contribution in [3.05, 3.63) is 57.0 Å². The molecule has 0 atom stereocenters. The number of hydrogen-bond donors (Lipinski definition) is 3. The lowest BCUT2D eigenvalue weighted by atomic mass is 10.3. The van der Waals surface area contributed by atoms with Crippen molar-refractivity contribution in [3.8, 4) is 11.5 Å². The van der Waals surface area contributed by atoms with Crippen molar-refractivity contribution < 1.29 is 19.1 Å². The van der Waals surface area contributed by atoms with Gasteiger partial charge in [-0.15, -0.1) is 0 Å². The quantitative estimate of drug-likeness (QED) is 0.411. The Morgan fingerprint density at radius 2 is 1.64 bits per heavy atom. The Kier molecular flexibility index (Phi) is 8.78. The van der Waals surface area contributed by atoms with E-state index in [4.69, 9.17) is 44.9 Å². The van der Waals surface area contributed by atoms with Crippen LogP contribution < -0.4 is 25.6 Å². The van der Waals surface area contributed by atoms with Crippen LogP contribution >= 0.6 is 51.3 Å². The lowest BCUT2D eigenvalue weighted by Gasteiger charge is -2.12. The van der Waals surface area contributed by atoms with E-state index in [9.17, 15) is 9.59 Å². The van der Waals surface area contributed by atoms with Crippen LogP contribution in [0.2, 0.25) is 10.0 Å². The van der Waals surface area contributed by atoms with E-state index in [2.05, 4.69) is 32.1 Å². The van der Waals surface area contributed by atoms with E-state index in [-0.39, 0.29) is 18.3 Å². The van der Waals surface area contributed by atoms with E-state index in [1.807, 2.05) is 0 Å². The first-order chi connectivity index (χ1) is 13.3. The third-order valence-corrected chi connectivity index (χ3v) is 4.25. The Balaban J connectivity index is 1.66. The van der Waals surface area contributed by atoms with Crippen molar-refractivity contribution in [1.29, 1.82) is 0 Å². The van der Waals surface area contributed by atoms with Gasteiger partial charge in [-0.25, -0.2) is 0 Å². The average molecular weight is 507 g/mol. The Labute approximate surface area is 184 Å². The molecule has 2 aromatic rings. The summed E-state index contributed by atoms with van der Waals surface area (Å²) in [6, 6.07) is 11.5. The molecule has 11 heteroatoms. The molecule has 3 N–H and O–H groups in total. The number of hydrazine groups is 1. The lowest BCUT2D eigenvalue weighted by molar-refractivity contribution is -0.124. The van der Waals surface area contributed by atoms with Crippen LogP contribution in [-0.4, -0.2) is 30.1 Å². The summed E-state index contributed by atoms with van der Waals surface area (Å²) in [6.45, 7) is -0.562. The Morgan fingerprint density at radius 1 is 0.964 bits per heavy atom. The number of carbonyl (C=O) groups excluding carboxylic acids is 2. The number of thiocarbonyl (C=S) groups is 1. The van der Waals surface area contributed by atoms with Crippen LogP contribution in [0.3, 0.4) is 0 Å². The summed E-state index contributed by atoms with van der Waals surface area (Å²) in [5.41, 5.74) is 4.68. The fourth-order valence-corrected chi connectivity index (χ4v) is 2.79. The van der Waals surface area contributed by atoms with Gasteiger partial charge < -0.3 is 9.47 Å². The maximum atomic E-state index is 11.8. The van der Waals surface area contributed by atoms with Crippen LogP contribution in [-0.2, 0) is 9.59 Å². The van der Waals surface area contributed by atoms with E-state index < -0.39 is 11.8 Å². The standard InChI is InChI=1S/C17H14BrCl2N3O4S/c18-10-1-6-14(13(20)7-10)27-8-15(24)21-17(28)23-22-16(25)9-26-12-4-2-11(19)3-5-12/h1-7H,8-9H2,(H,22,25)(H2,21,23,24,28). The summed E-state index contributed by atoms with van der Waals surface area (Å²) < 4.78 is 11.4. The number of nitrogens with one attached hydrogen (secondary N) is 3. The highest BCUT2D eigenvalue weighted by molar-refractivity contribution is 9.10. The Morgan fingerprint density at radius 3 is 2.32 bits per heavy atom. The van der Waals surface area contributed by atoms with Crippen molar-refractivity contribution in [3.63, 3.8) is 0 Å². The molecule has 0 unspecified atom stereocenters. The molecule has 0 radical (unpaired) electrons. The molecular formula is C17H14BrCl2N3O4S. The van der Waals surface area contributed by atoms with Crippen LogP contribution in [0.1, 0.15) is 0 Å². The first-order valence-electron chi connectivity index (χ1n) is 7.68. The monoisotopic (exact) mass is 505 g/mol. The van der Waals surface area contributed by atoms with Gasteiger partial charge in [-0.2, -0.15) is 0 Å². The maximum Gasteiger partial charge on any atom is 0.276 e. The molecule has 2 aromatic carbocycles. The summed E-state index contributed by atoms with van der Waals surface area (Å²) >= 11 is 19.9. The minimum atomic E-state index is -0.525. The second-order valence-electron chi connectivity index (χ2n) is 5.16. The summed E-state index contributed by atoms with van der Waals surface area (Å²) in [6.07, 6.45) is 0. The fraction of sp³-hybridized carbons (Fsp3) is 0.118. The molecule has 0 aliphatic rings. The normalized spacial score (nSPS) is 9.96. The maximum absolute atomic E-state index is 11.8. The molecule has 148 valence electrons. The second-order valence-corrected chi connectivity index (χ2v) is 7.32. The van der Waals surface area contributed by atoms with E-state index in [0.29, 0.717) is 21.5 Å². The number of carbonyl (C=O) groups is 2. The number of hydrogen-bond acceptors (Lipinski definition) is 5. The minimum absolute atomic E-state index is 0.102. The number of rotatable bonds is 6. The molecule has 0 saturated heterocycles. The minimum Gasteiger partial charge on any atom is -0.484 e. The zero-order chi connectivity index (χ0) is 20.5. The predicted molar refractivity (Wildman–Crippen MR) is 114 cm³/mol. The molecule has 7 nitrogen and oxygen atoms in total. The summed E-state index contributed by atoms with van der Waals surface area (Å²) in [4.78, 5) is 23.5. The Bertz CT molecular complexity index is 868. The topological polar surface area (TPSA) is 88.7 Å². The SMILES string of the molecule is O=C(COc1ccc(Cl)cc1)NNC(=S)NC(=O)COc1ccc(Br)cc1Cl. The van der Waals surface area contributed by atoms with E-state index in [0.717, 1.165) is 4.47 Å². The zero-order valence-corrected chi connectivity index (χ0v) is 18.0. The van der Waals surface area contributed by atoms with Crippen LogP contribution in [0.5, 0.6) is 11.5 Å². The molecule has 0 bridgehead atoms. The number of amides is 2. The average Bonchev–Trinajstić information content (AvgIpc) is 2.65. The number of ether oxygens (including phenoxy) is 2. The molecule has 0 spiro atoms. The summed E-state index contributed by atoms with van der Waals surface area (Å²) in [5, 5.41) is 3.17. The molecule has 0 heterocycles. The van der Waals surface area contributed by atoms with Gasteiger partial charge in [0.1, 0.15) is 11.5 Å². The summed E-state index contributed by atoms with van der Waals surface area (Å²) in [7, 11) is 0. The van der Waals surface area contributed by atoms with Crippen LogP contribution in [0.25, 0.3) is 0 Å². The highest BCUT2D eigenvalue weighted by Gasteiger charge is 2.09. The van der Waals surface area contributed by atoms with E-state index in [1.54, 1.807) is 42.5 Å². The van der Waals surface area contributed by atoms with Crippen molar-refractivity contribution in [2.24, 2.45) is 0 Å². The van der Waals surface area contributed by atoms with Gasteiger partial charge in [-0.3, -0.25) is 25.8 Å². The van der Waals surface area contributed by atoms with Gasteiger partial charge in [0, 0.05) is 9.50 Å². The van der Waals surface area contributed by atoms with Crippen molar-refractivity contribution >= 4 is 68.3 Å². The molecule has 0 saturated carbocycles. The van der Waals surface area contributed by atoms with Crippen LogP contribution in [0, 0.1) is 0 Å². The van der Waals surface area contributed by atoms with Gasteiger partial charge in [-0.05, 0) is 54.7 Å². The largest absolute Gasteiger partial charge is 0.484 e. The molecule has 0 fully saturated rings. The zero-order valence-electron chi connectivity index (χ0n) is 14.1. The Hall–Kier alpha value is -2.07. The molecule has 0 aliphatic heterocycles. The number of benzene rings is 2. The molecule has 0 aliphatic carbocycles. The highest BCUT2D eigenvalue weighted by Crippen LogP contribution is 2.27. The van der Waals surface area contributed by atoms with Gasteiger partial charge in [0.2, 0.25) is 0 Å². The van der Waals surface area contributed by atoms with Gasteiger partial charge >= 0.3 is 0 Å². The van der Waals surface area contributed by atoms with Crippen molar-refractivity contribution in [2.75, 3.05) is 13.2 Å². The third kappa shape index (κ3) is 7.89. The first kappa shape index (κ1) is 22.2.